The fraction of sp³-hybridized carbons (Fsp3) is 0.214. The maximum absolute atomic E-state index is 12.2. The number of hydrogen-bond donors (Lipinski definition) is 1. The Morgan fingerprint density at radius 3 is 2.57 bits per heavy atom. The van der Waals surface area contributed by atoms with Gasteiger partial charge in [0.1, 0.15) is 23.4 Å². The molecule has 9 heteroatoms. The van der Waals surface area contributed by atoms with Gasteiger partial charge in [0.15, 0.2) is 5.82 Å². The molecule has 0 amide bonds. The minimum Gasteiger partial charge on any atom is -0.497 e. The molecule has 0 bridgehead atoms. The van der Waals surface area contributed by atoms with Crippen LogP contribution in [0.1, 0.15) is 42.2 Å². The van der Waals surface area contributed by atoms with E-state index in [0.29, 0.717) is 11.6 Å². The molecule has 0 saturated heterocycles. The first-order valence-corrected chi connectivity index (χ1v) is 12.9. The van der Waals surface area contributed by atoms with Crippen molar-refractivity contribution >= 4 is 35.6 Å². The van der Waals surface area contributed by atoms with Crippen LogP contribution in [0.15, 0.2) is 81.5 Å². The van der Waals surface area contributed by atoms with E-state index < -0.39 is 13.0 Å². The van der Waals surface area contributed by atoms with Crippen molar-refractivity contribution in [3.8, 4) is 11.4 Å². The van der Waals surface area contributed by atoms with E-state index >= 15 is 0 Å². The number of aliphatic imine (C=N–C) groups is 1. The van der Waals surface area contributed by atoms with Gasteiger partial charge in [0.2, 0.25) is 0 Å². The molecule has 1 aliphatic rings. The van der Waals surface area contributed by atoms with Gasteiger partial charge in [0, 0.05) is 27.3 Å². The molecule has 0 fully saturated rings. The first-order valence-electron chi connectivity index (χ1n) is 12.1. The molecule has 7 nitrogen and oxygen atoms in total. The highest BCUT2D eigenvalue weighted by Gasteiger charge is 2.29. The Labute approximate surface area is 220 Å². The summed E-state index contributed by atoms with van der Waals surface area (Å²) in [5.41, 5.74) is 4.38. The lowest BCUT2D eigenvalue weighted by Crippen LogP contribution is -2.25. The first kappa shape index (κ1) is 25.0. The molecular weight excluding hydrogens is 483 g/mol. The average molecular weight is 510 g/mol. The largest absolute Gasteiger partial charge is 0.497 e. The molecule has 37 heavy (non-hydrogen) atoms. The van der Waals surface area contributed by atoms with Crippen molar-refractivity contribution in [1.82, 2.24) is 14.8 Å². The van der Waals surface area contributed by atoms with Crippen molar-refractivity contribution in [1.29, 1.82) is 0 Å². The smallest absolute Gasteiger partial charge is 0.320 e. The molecule has 5 rings (SSSR count). The van der Waals surface area contributed by atoms with Crippen molar-refractivity contribution in [2.75, 3.05) is 7.11 Å². The number of carbonyl (C=O) groups excluding carboxylic acids is 1. The van der Waals surface area contributed by atoms with Crippen molar-refractivity contribution < 1.29 is 14.6 Å². The SMILES string of the molecule is COc1ccc2c(c1)C(c1ccc(Sc3cccc(B(C)O)c3)cc1)=N[C@@H](CC(C)=O)c1nnc(C)n1-2. The second-order valence-electron chi connectivity index (χ2n) is 9.10. The van der Waals surface area contributed by atoms with Crippen LogP contribution in [-0.4, -0.2) is 45.3 Å². The van der Waals surface area contributed by atoms with Crippen LogP contribution in [0.2, 0.25) is 6.82 Å². The number of carbonyl (C=O) groups is 1. The molecular formula is C28H27BN4O3S. The first-order chi connectivity index (χ1) is 17.8. The molecule has 186 valence electrons. The maximum atomic E-state index is 12.2. The van der Waals surface area contributed by atoms with Crippen LogP contribution in [0.3, 0.4) is 0 Å². The molecule has 0 aliphatic carbocycles. The number of fused-ring (bicyclic) bond motifs is 3. The molecule has 4 aromatic rings. The summed E-state index contributed by atoms with van der Waals surface area (Å²) in [6.45, 7) is 4.73. The summed E-state index contributed by atoms with van der Waals surface area (Å²) in [7, 11) is 1.64. The van der Waals surface area contributed by atoms with Gasteiger partial charge in [-0.05, 0) is 55.7 Å². The summed E-state index contributed by atoms with van der Waals surface area (Å²) in [4.78, 5) is 19.4. The molecule has 3 aromatic carbocycles. The van der Waals surface area contributed by atoms with Gasteiger partial charge in [0.05, 0.1) is 18.5 Å². The Kier molecular flexibility index (Phi) is 6.99. The molecule has 1 N–H and O–H groups in total. The standard InChI is InChI=1S/C28H27BN4O3S/c1-17(34)14-25-28-32-31-18(2)33(28)26-13-10-21(36-4)16-24(26)27(30-25)19-8-11-22(12-9-19)37-23-7-5-6-20(15-23)29(3)35/h5-13,15-16,25,35H,14H2,1-4H3/t25-/m0/s1. The normalized spacial score (nSPS) is 14.3. The van der Waals surface area contributed by atoms with E-state index in [0.717, 1.165) is 43.6 Å². The predicted octanol–water partition coefficient (Wildman–Crippen LogP) is 4.43. The Morgan fingerprint density at radius 1 is 1.08 bits per heavy atom. The highest BCUT2D eigenvalue weighted by molar-refractivity contribution is 7.99. The fourth-order valence-corrected chi connectivity index (χ4v) is 5.38. The monoisotopic (exact) mass is 510 g/mol. The second-order valence-corrected chi connectivity index (χ2v) is 10.2. The van der Waals surface area contributed by atoms with E-state index in [1.165, 1.54) is 0 Å². The zero-order chi connectivity index (χ0) is 26.1. The Balaban J connectivity index is 1.57. The summed E-state index contributed by atoms with van der Waals surface area (Å²) in [5, 5.41) is 18.6. The van der Waals surface area contributed by atoms with Crippen LogP contribution in [0.4, 0.5) is 0 Å². The highest BCUT2D eigenvalue weighted by Crippen LogP contribution is 2.35. The molecule has 0 unspecified atom stereocenters. The summed E-state index contributed by atoms with van der Waals surface area (Å²) in [6.07, 6.45) is 0.236. The predicted molar refractivity (Wildman–Crippen MR) is 147 cm³/mol. The zero-order valence-corrected chi connectivity index (χ0v) is 22.0. The van der Waals surface area contributed by atoms with E-state index in [4.69, 9.17) is 9.73 Å². The van der Waals surface area contributed by atoms with Gasteiger partial charge in [-0.25, -0.2) is 0 Å². The number of aromatic nitrogens is 3. The van der Waals surface area contributed by atoms with Gasteiger partial charge in [-0.15, -0.1) is 10.2 Å². The third kappa shape index (κ3) is 5.10. The van der Waals surface area contributed by atoms with Gasteiger partial charge in [-0.3, -0.25) is 14.4 Å². The topological polar surface area (TPSA) is 89.6 Å². The third-order valence-corrected chi connectivity index (χ3v) is 7.31. The lowest BCUT2D eigenvalue weighted by Gasteiger charge is -2.14. The van der Waals surface area contributed by atoms with Crippen LogP contribution < -0.4 is 10.2 Å². The number of ether oxygens (including phenoxy) is 1. The zero-order valence-electron chi connectivity index (χ0n) is 21.2. The van der Waals surface area contributed by atoms with Crippen molar-refractivity contribution in [3.63, 3.8) is 0 Å². The lowest BCUT2D eigenvalue weighted by atomic mass is 9.64. The average Bonchev–Trinajstić information content (AvgIpc) is 3.21. The quantitative estimate of drug-likeness (QED) is 0.370. The van der Waals surface area contributed by atoms with Crippen molar-refractivity contribution in [2.24, 2.45) is 4.99 Å². The van der Waals surface area contributed by atoms with E-state index in [-0.39, 0.29) is 12.2 Å². The minimum absolute atomic E-state index is 0.0371. The number of hydrogen-bond acceptors (Lipinski definition) is 7. The molecule has 2 heterocycles. The minimum atomic E-state index is -0.510. The van der Waals surface area contributed by atoms with Crippen LogP contribution in [0, 0.1) is 6.92 Å². The number of rotatable bonds is 7. The molecule has 1 aliphatic heterocycles. The fourth-order valence-electron chi connectivity index (χ4n) is 4.50. The molecule has 1 aromatic heterocycles. The molecule has 0 radical (unpaired) electrons. The Bertz CT molecular complexity index is 1500. The van der Waals surface area contributed by atoms with Crippen molar-refractivity contribution in [2.45, 2.75) is 42.9 Å². The van der Waals surface area contributed by atoms with Crippen LogP contribution in [0.25, 0.3) is 5.69 Å². The molecule has 0 saturated carbocycles. The highest BCUT2D eigenvalue weighted by atomic mass is 32.2. The van der Waals surface area contributed by atoms with E-state index in [1.54, 1.807) is 32.6 Å². The lowest BCUT2D eigenvalue weighted by molar-refractivity contribution is -0.117. The summed E-state index contributed by atoms with van der Waals surface area (Å²) in [6, 6.07) is 21.6. The number of aryl methyl sites for hydroxylation is 1. The van der Waals surface area contributed by atoms with Gasteiger partial charge < -0.3 is 9.76 Å². The second kappa shape index (κ2) is 10.4. The van der Waals surface area contributed by atoms with Crippen LogP contribution >= 0.6 is 11.8 Å². The van der Waals surface area contributed by atoms with Gasteiger partial charge in [0.25, 0.3) is 0 Å². The Hall–Kier alpha value is -3.69. The summed E-state index contributed by atoms with van der Waals surface area (Å²) < 4.78 is 7.52. The summed E-state index contributed by atoms with van der Waals surface area (Å²) in [5.74, 6) is 2.14. The maximum Gasteiger partial charge on any atom is 0.320 e. The van der Waals surface area contributed by atoms with Crippen LogP contribution in [0.5, 0.6) is 5.75 Å². The number of Topliss-reactive ketones (excluding diaryl/α,β-unsaturated/α-hetero) is 1. The number of methoxy groups -OCH3 is 1. The Morgan fingerprint density at radius 2 is 1.86 bits per heavy atom. The third-order valence-electron chi connectivity index (χ3n) is 6.32. The van der Waals surface area contributed by atoms with Crippen LogP contribution in [-0.2, 0) is 4.79 Å². The van der Waals surface area contributed by atoms with Gasteiger partial charge >= 0.3 is 6.92 Å². The number of benzene rings is 3. The van der Waals surface area contributed by atoms with E-state index in [1.807, 2.05) is 66.1 Å². The van der Waals surface area contributed by atoms with E-state index in [2.05, 4.69) is 22.3 Å². The molecule has 0 spiro atoms. The van der Waals surface area contributed by atoms with Gasteiger partial charge in [-0.2, -0.15) is 0 Å². The summed E-state index contributed by atoms with van der Waals surface area (Å²) >= 11 is 1.63. The number of ketones is 1. The van der Waals surface area contributed by atoms with E-state index in [9.17, 15) is 9.82 Å². The van der Waals surface area contributed by atoms with Crippen molar-refractivity contribution in [3.05, 3.63) is 89.5 Å². The number of nitrogens with zero attached hydrogens (tertiary/aromatic N) is 4. The van der Waals surface area contributed by atoms with Gasteiger partial charge in [-0.1, -0.05) is 48.9 Å². The molecule has 1 atom stereocenters.